The smallest absolute Gasteiger partial charge is 0.305 e. The molecule has 124 valence electrons. The highest BCUT2D eigenvalue weighted by atomic mass is 79.9. The fourth-order valence-corrected chi connectivity index (χ4v) is 2.92. The van der Waals surface area contributed by atoms with Crippen LogP contribution in [0.25, 0.3) is 0 Å². The Morgan fingerprint density at radius 1 is 1.48 bits per heavy atom. The van der Waals surface area contributed by atoms with Gasteiger partial charge in [-0.15, -0.1) is 0 Å². The number of nitro groups is 1. The number of amides is 1. The third-order valence-corrected chi connectivity index (χ3v) is 4.29. The maximum atomic E-state index is 12.5. The van der Waals surface area contributed by atoms with Gasteiger partial charge in [0.05, 0.1) is 37.0 Å². The van der Waals surface area contributed by atoms with Gasteiger partial charge >= 0.3 is 5.97 Å². The van der Waals surface area contributed by atoms with Gasteiger partial charge in [-0.2, -0.15) is 0 Å². The predicted molar refractivity (Wildman–Crippen MR) is 83.1 cm³/mol. The van der Waals surface area contributed by atoms with Crippen molar-refractivity contribution in [1.82, 2.24) is 4.90 Å². The predicted octanol–water partition coefficient (Wildman–Crippen LogP) is 1.60. The molecule has 9 heteroatoms. The third-order valence-electron chi connectivity index (χ3n) is 3.55. The molecule has 1 fully saturated rings. The number of morpholine rings is 1. The number of carbonyl (C=O) groups excluding carboxylic acids is 1. The minimum Gasteiger partial charge on any atom is -0.481 e. The van der Waals surface area contributed by atoms with Gasteiger partial charge in [-0.25, -0.2) is 0 Å². The molecule has 1 aromatic rings. The van der Waals surface area contributed by atoms with Crippen molar-refractivity contribution in [2.45, 2.75) is 18.9 Å². The first-order valence-electron chi connectivity index (χ1n) is 6.90. The highest BCUT2D eigenvalue weighted by molar-refractivity contribution is 9.10. The minimum absolute atomic E-state index is 0.0364. The summed E-state index contributed by atoms with van der Waals surface area (Å²) in [5.74, 6) is -1.22. The summed E-state index contributed by atoms with van der Waals surface area (Å²) in [6.07, 6.45) is -0.137. The molecule has 0 saturated carbocycles. The molecule has 1 amide bonds. The summed E-state index contributed by atoms with van der Waals surface area (Å²) in [5, 5.41) is 19.6. The molecule has 0 aromatic heterocycles. The van der Waals surface area contributed by atoms with E-state index in [-0.39, 0.29) is 31.0 Å². The molecule has 2 rings (SSSR count). The molecule has 0 aliphatic carbocycles. The molecule has 1 aliphatic rings. The SMILES string of the molecule is O=C(O)CC1COCCN1C(=O)Cc1ccc([N+](=O)[O-])cc1Br. The molecule has 1 unspecified atom stereocenters. The number of hydrogen-bond acceptors (Lipinski definition) is 5. The van der Waals surface area contributed by atoms with Crippen molar-refractivity contribution < 1.29 is 24.4 Å². The van der Waals surface area contributed by atoms with Crippen LogP contribution in [0.2, 0.25) is 0 Å². The summed E-state index contributed by atoms with van der Waals surface area (Å²) >= 11 is 3.23. The van der Waals surface area contributed by atoms with Gasteiger partial charge in [-0.05, 0) is 5.56 Å². The number of aliphatic carboxylic acids is 1. The van der Waals surface area contributed by atoms with Gasteiger partial charge < -0.3 is 14.7 Å². The van der Waals surface area contributed by atoms with Gasteiger partial charge in [-0.1, -0.05) is 22.0 Å². The fraction of sp³-hybridized carbons (Fsp3) is 0.429. The number of benzene rings is 1. The maximum Gasteiger partial charge on any atom is 0.305 e. The standard InChI is InChI=1S/C14H15BrN2O6/c15-12-6-10(17(21)22)2-1-9(12)5-13(18)16-3-4-23-8-11(16)7-14(19)20/h1-2,6,11H,3-5,7-8H2,(H,19,20). The second-order valence-corrected chi connectivity index (χ2v) is 5.98. The summed E-state index contributed by atoms with van der Waals surface area (Å²) < 4.78 is 5.71. The Kier molecular flexibility index (Phi) is 5.67. The van der Waals surface area contributed by atoms with Crippen molar-refractivity contribution in [3.8, 4) is 0 Å². The Morgan fingerprint density at radius 3 is 2.83 bits per heavy atom. The minimum atomic E-state index is -0.991. The number of nitro benzene ring substituents is 1. The Bertz CT molecular complexity index is 636. The normalized spacial score (nSPS) is 17.8. The van der Waals surface area contributed by atoms with Crippen LogP contribution < -0.4 is 0 Å². The number of carboxylic acids is 1. The van der Waals surface area contributed by atoms with Crippen LogP contribution in [0.4, 0.5) is 5.69 Å². The number of carboxylic acid groups (broad SMARTS) is 1. The molecule has 0 bridgehead atoms. The summed E-state index contributed by atoms with van der Waals surface area (Å²) in [4.78, 5) is 35.1. The van der Waals surface area contributed by atoms with E-state index in [4.69, 9.17) is 9.84 Å². The zero-order valence-corrected chi connectivity index (χ0v) is 13.7. The molecule has 23 heavy (non-hydrogen) atoms. The number of nitrogens with zero attached hydrogens (tertiary/aromatic N) is 2. The molecule has 0 spiro atoms. The monoisotopic (exact) mass is 386 g/mol. The topological polar surface area (TPSA) is 110 Å². The van der Waals surface area contributed by atoms with Crippen LogP contribution in [-0.4, -0.2) is 52.6 Å². The highest BCUT2D eigenvalue weighted by Crippen LogP contribution is 2.24. The van der Waals surface area contributed by atoms with Gasteiger partial charge in [0.15, 0.2) is 0 Å². The average Bonchev–Trinajstić information content (AvgIpc) is 2.49. The Labute approximate surface area is 140 Å². The van der Waals surface area contributed by atoms with Crippen LogP contribution in [0.15, 0.2) is 22.7 Å². The van der Waals surface area contributed by atoms with Gasteiger partial charge in [0.25, 0.3) is 5.69 Å². The quantitative estimate of drug-likeness (QED) is 0.607. The summed E-state index contributed by atoms with van der Waals surface area (Å²) in [5.41, 5.74) is 0.546. The van der Waals surface area contributed by atoms with Crippen LogP contribution >= 0.6 is 15.9 Å². The molecule has 8 nitrogen and oxygen atoms in total. The lowest BCUT2D eigenvalue weighted by Crippen LogP contribution is -2.50. The number of hydrogen-bond donors (Lipinski definition) is 1. The number of halogens is 1. The lowest BCUT2D eigenvalue weighted by Gasteiger charge is -2.35. The van der Waals surface area contributed by atoms with E-state index in [2.05, 4.69) is 15.9 Å². The molecule has 1 saturated heterocycles. The van der Waals surface area contributed by atoms with E-state index >= 15 is 0 Å². The van der Waals surface area contributed by atoms with Crippen LogP contribution in [0, 0.1) is 10.1 Å². The second-order valence-electron chi connectivity index (χ2n) is 5.12. The molecular weight excluding hydrogens is 372 g/mol. The molecule has 1 aromatic carbocycles. The molecule has 1 atom stereocenters. The van der Waals surface area contributed by atoms with Crippen LogP contribution in [0.5, 0.6) is 0 Å². The first-order valence-corrected chi connectivity index (χ1v) is 7.69. The van der Waals surface area contributed by atoms with Gasteiger partial charge in [-0.3, -0.25) is 19.7 Å². The third kappa shape index (κ3) is 4.49. The first kappa shape index (κ1) is 17.4. The van der Waals surface area contributed by atoms with Crippen molar-refractivity contribution in [3.63, 3.8) is 0 Å². The maximum absolute atomic E-state index is 12.5. The second kappa shape index (κ2) is 7.51. The largest absolute Gasteiger partial charge is 0.481 e. The molecule has 0 radical (unpaired) electrons. The average molecular weight is 387 g/mol. The van der Waals surface area contributed by atoms with Crippen molar-refractivity contribution in [1.29, 1.82) is 0 Å². The van der Waals surface area contributed by atoms with E-state index in [0.29, 0.717) is 23.2 Å². The Morgan fingerprint density at radius 2 is 2.22 bits per heavy atom. The number of carbonyl (C=O) groups is 2. The van der Waals surface area contributed by atoms with Crippen LogP contribution in [0.1, 0.15) is 12.0 Å². The number of rotatable bonds is 5. The van der Waals surface area contributed by atoms with Crippen molar-refractivity contribution in [3.05, 3.63) is 38.3 Å². The van der Waals surface area contributed by atoms with Gasteiger partial charge in [0, 0.05) is 23.2 Å². The van der Waals surface area contributed by atoms with E-state index in [9.17, 15) is 19.7 Å². The van der Waals surface area contributed by atoms with E-state index < -0.39 is 16.9 Å². The van der Waals surface area contributed by atoms with Crippen LogP contribution in [0.3, 0.4) is 0 Å². The van der Waals surface area contributed by atoms with Crippen molar-refractivity contribution in [2.24, 2.45) is 0 Å². The summed E-state index contributed by atoms with van der Waals surface area (Å²) in [6.45, 7) is 0.893. The fourth-order valence-electron chi connectivity index (χ4n) is 2.41. The lowest BCUT2D eigenvalue weighted by atomic mass is 10.1. The molecule has 1 heterocycles. The van der Waals surface area contributed by atoms with Crippen molar-refractivity contribution >= 4 is 33.5 Å². The van der Waals surface area contributed by atoms with E-state index in [1.807, 2.05) is 0 Å². The van der Waals surface area contributed by atoms with Crippen molar-refractivity contribution in [2.75, 3.05) is 19.8 Å². The zero-order valence-electron chi connectivity index (χ0n) is 12.1. The molecule has 1 N–H and O–H groups in total. The van der Waals surface area contributed by atoms with Gasteiger partial charge in [0.2, 0.25) is 5.91 Å². The Hall–Kier alpha value is -2.00. The molecular formula is C14H15BrN2O6. The highest BCUT2D eigenvalue weighted by Gasteiger charge is 2.29. The number of ether oxygens (including phenoxy) is 1. The zero-order chi connectivity index (χ0) is 17.0. The Balaban J connectivity index is 2.10. The molecule has 1 aliphatic heterocycles. The summed E-state index contributed by atoms with van der Waals surface area (Å²) in [7, 11) is 0. The first-order chi connectivity index (χ1) is 10.9. The number of non-ortho nitro benzene ring substituents is 1. The van der Waals surface area contributed by atoms with E-state index in [0.717, 1.165) is 0 Å². The van der Waals surface area contributed by atoms with E-state index in [1.165, 1.54) is 23.1 Å². The summed E-state index contributed by atoms with van der Waals surface area (Å²) in [6, 6.07) is 3.70. The van der Waals surface area contributed by atoms with Gasteiger partial charge in [0.1, 0.15) is 0 Å². The van der Waals surface area contributed by atoms with E-state index in [1.54, 1.807) is 0 Å². The lowest BCUT2D eigenvalue weighted by molar-refractivity contribution is -0.384. The van der Waals surface area contributed by atoms with Crippen LogP contribution in [-0.2, 0) is 20.7 Å².